The van der Waals surface area contributed by atoms with Gasteiger partial charge in [0.1, 0.15) is 12.1 Å². The summed E-state index contributed by atoms with van der Waals surface area (Å²) in [5.74, 6) is 1.06. The lowest BCUT2D eigenvalue weighted by Crippen LogP contribution is -2.53. The maximum absolute atomic E-state index is 12.1. The highest BCUT2D eigenvalue weighted by molar-refractivity contribution is 5.81. The van der Waals surface area contributed by atoms with Crippen molar-refractivity contribution in [2.45, 2.75) is 32.5 Å². The first-order valence-corrected chi connectivity index (χ1v) is 8.24. The van der Waals surface area contributed by atoms with Crippen LogP contribution in [0.3, 0.4) is 0 Å². The first kappa shape index (κ1) is 18.8. The molecule has 0 radical (unpaired) electrons. The van der Waals surface area contributed by atoms with Crippen molar-refractivity contribution >= 4 is 5.91 Å². The number of aromatic nitrogens is 2. The lowest BCUT2D eigenvalue weighted by molar-refractivity contribution is -0.135. The smallest absolute Gasteiger partial charge is 0.241 e. The Kier molecular flexibility index (Phi) is 7.10. The fourth-order valence-electron chi connectivity index (χ4n) is 2.62. The van der Waals surface area contributed by atoms with E-state index in [1.54, 1.807) is 4.90 Å². The fourth-order valence-corrected chi connectivity index (χ4v) is 2.62. The van der Waals surface area contributed by atoms with Gasteiger partial charge in [-0.2, -0.15) is 4.98 Å². The van der Waals surface area contributed by atoms with Crippen LogP contribution in [-0.4, -0.2) is 78.4 Å². The molecule has 0 saturated carbocycles. The number of methoxy groups -OCH3 is 1. The number of rotatable bonds is 8. The predicted molar refractivity (Wildman–Crippen MR) is 86.0 cm³/mol. The van der Waals surface area contributed by atoms with E-state index in [1.807, 2.05) is 13.8 Å². The number of hydrogen-bond donors (Lipinski definition) is 1. The Morgan fingerprint density at radius 1 is 1.38 bits per heavy atom. The SMILES string of the molecule is CCOC(C)c1noc(CN2CCN(C(=O)C(N)COC)CC2)n1. The van der Waals surface area contributed by atoms with Crippen molar-refractivity contribution in [3.05, 3.63) is 11.7 Å². The van der Waals surface area contributed by atoms with Gasteiger partial charge in [-0.1, -0.05) is 5.16 Å². The topological polar surface area (TPSA) is 107 Å². The molecule has 0 aliphatic carbocycles. The molecule has 1 aliphatic heterocycles. The Morgan fingerprint density at radius 3 is 2.71 bits per heavy atom. The van der Waals surface area contributed by atoms with E-state index in [2.05, 4.69) is 15.0 Å². The van der Waals surface area contributed by atoms with E-state index in [-0.39, 0.29) is 18.6 Å². The molecule has 2 atom stereocenters. The van der Waals surface area contributed by atoms with E-state index in [1.165, 1.54) is 7.11 Å². The zero-order chi connectivity index (χ0) is 17.5. The van der Waals surface area contributed by atoms with Gasteiger partial charge in [0, 0.05) is 39.9 Å². The lowest BCUT2D eigenvalue weighted by atomic mass is 10.2. The van der Waals surface area contributed by atoms with Crippen molar-refractivity contribution < 1.29 is 18.8 Å². The second-order valence-corrected chi connectivity index (χ2v) is 5.81. The molecule has 1 aliphatic rings. The summed E-state index contributed by atoms with van der Waals surface area (Å²) in [6.07, 6.45) is -0.177. The van der Waals surface area contributed by atoms with Crippen LogP contribution < -0.4 is 5.73 Å². The summed E-state index contributed by atoms with van der Waals surface area (Å²) in [4.78, 5) is 20.5. The van der Waals surface area contributed by atoms with Crippen LogP contribution in [0.1, 0.15) is 31.7 Å². The average Bonchev–Trinajstić information content (AvgIpc) is 3.04. The molecular formula is C15H27N5O4. The number of nitrogens with zero attached hydrogens (tertiary/aromatic N) is 4. The zero-order valence-corrected chi connectivity index (χ0v) is 14.6. The quantitative estimate of drug-likeness (QED) is 0.692. The molecule has 136 valence electrons. The third-order valence-electron chi connectivity index (χ3n) is 3.97. The van der Waals surface area contributed by atoms with Crippen molar-refractivity contribution in [3.8, 4) is 0 Å². The molecule has 9 nitrogen and oxygen atoms in total. The molecule has 1 saturated heterocycles. The van der Waals surface area contributed by atoms with Crippen molar-refractivity contribution in [1.82, 2.24) is 19.9 Å². The van der Waals surface area contributed by atoms with Gasteiger partial charge in [-0.15, -0.1) is 0 Å². The van der Waals surface area contributed by atoms with Gasteiger partial charge in [0.2, 0.25) is 11.8 Å². The molecule has 2 unspecified atom stereocenters. The van der Waals surface area contributed by atoms with Gasteiger partial charge in [-0.3, -0.25) is 9.69 Å². The van der Waals surface area contributed by atoms with Gasteiger partial charge in [-0.05, 0) is 13.8 Å². The molecule has 9 heteroatoms. The van der Waals surface area contributed by atoms with Gasteiger partial charge < -0.3 is 24.6 Å². The number of ether oxygens (including phenoxy) is 2. The molecule has 24 heavy (non-hydrogen) atoms. The molecule has 0 aromatic carbocycles. The molecule has 0 bridgehead atoms. The Labute approximate surface area is 142 Å². The summed E-state index contributed by atoms with van der Waals surface area (Å²) >= 11 is 0. The molecule has 2 N–H and O–H groups in total. The summed E-state index contributed by atoms with van der Waals surface area (Å²) in [6.45, 7) is 7.97. The second kappa shape index (κ2) is 9.07. The molecule has 1 amide bonds. The van der Waals surface area contributed by atoms with E-state index in [0.29, 0.717) is 38.0 Å². The van der Waals surface area contributed by atoms with E-state index in [9.17, 15) is 4.79 Å². The lowest BCUT2D eigenvalue weighted by Gasteiger charge is -2.35. The van der Waals surface area contributed by atoms with Gasteiger partial charge >= 0.3 is 0 Å². The molecule has 1 aromatic heterocycles. The predicted octanol–water partition coefficient (Wildman–Crippen LogP) is -0.215. The monoisotopic (exact) mass is 341 g/mol. The number of piperazine rings is 1. The van der Waals surface area contributed by atoms with Crippen LogP contribution in [0.5, 0.6) is 0 Å². The van der Waals surface area contributed by atoms with Crippen molar-refractivity contribution in [3.63, 3.8) is 0 Å². The molecule has 2 heterocycles. The van der Waals surface area contributed by atoms with Crippen molar-refractivity contribution in [2.75, 3.05) is 46.5 Å². The van der Waals surface area contributed by atoms with Crippen LogP contribution in [0, 0.1) is 0 Å². The number of amides is 1. The van der Waals surface area contributed by atoms with Crippen LogP contribution in [0.4, 0.5) is 0 Å². The number of carbonyl (C=O) groups excluding carboxylic acids is 1. The molecule has 2 rings (SSSR count). The molecular weight excluding hydrogens is 314 g/mol. The summed E-state index contributed by atoms with van der Waals surface area (Å²) in [7, 11) is 1.54. The van der Waals surface area contributed by atoms with Gasteiger partial charge in [0.15, 0.2) is 5.82 Å². The summed E-state index contributed by atoms with van der Waals surface area (Å²) in [5.41, 5.74) is 5.80. The highest BCUT2D eigenvalue weighted by Gasteiger charge is 2.26. The van der Waals surface area contributed by atoms with E-state index < -0.39 is 6.04 Å². The van der Waals surface area contributed by atoms with Crippen LogP contribution in [0.15, 0.2) is 4.52 Å². The van der Waals surface area contributed by atoms with Gasteiger partial charge in [-0.25, -0.2) is 0 Å². The second-order valence-electron chi connectivity index (χ2n) is 5.81. The first-order chi connectivity index (χ1) is 11.5. The highest BCUT2D eigenvalue weighted by Crippen LogP contribution is 2.14. The normalized spacial score (nSPS) is 18.6. The Morgan fingerprint density at radius 2 is 2.08 bits per heavy atom. The molecule has 1 aromatic rings. The number of hydrogen-bond acceptors (Lipinski definition) is 8. The third kappa shape index (κ3) is 4.97. The summed E-state index contributed by atoms with van der Waals surface area (Å²) in [5, 5.41) is 3.95. The molecule has 1 fully saturated rings. The van der Waals surface area contributed by atoms with Gasteiger partial charge in [0.25, 0.3) is 0 Å². The molecule has 0 spiro atoms. The first-order valence-electron chi connectivity index (χ1n) is 8.24. The van der Waals surface area contributed by atoms with E-state index >= 15 is 0 Å². The Bertz CT molecular complexity index is 516. The van der Waals surface area contributed by atoms with Crippen LogP contribution in [-0.2, 0) is 20.8 Å². The minimum Gasteiger partial charge on any atom is -0.383 e. The maximum atomic E-state index is 12.1. The Hall–Kier alpha value is -1.55. The minimum atomic E-state index is -0.597. The summed E-state index contributed by atoms with van der Waals surface area (Å²) in [6, 6.07) is -0.597. The largest absolute Gasteiger partial charge is 0.383 e. The maximum Gasteiger partial charge on any atom is 0.241 e. The third-order valence-corrected chi connectivity index (χ3v) is 3.97. The van der Waals surface area contributed by atoms with Crippen LogP contribution in [0.25, 0.3) is 0 Å². The number of carbonyl (C=O) groups is 1. The average molecular weight is 341 g/mol. The fraction of sp³-hybridized carbons (Fsp3) is 0.800. The van der Waals surface area contributed by atoms with Crippen LogP contribution >= 0.6 is 0 Å². The summed E-state index contributed by atoms with van der Waals surface area (Å²) < 4.78 is 15.7. The number of nitrogens with two attached hydrogens (primary N) is 1. The van der Waals surface area contributed by atoms with E-state index in [4.69, 9.17) is 19.7 Å². The van der Waals surface area contributed by atoms with Crippen molar-refractivity contribution in [2.24, 2.45) is 5.73 Å². The van der Waals surface area contributed by atoms with Crippen molar-refractivity contribution in [1.29, 1.82) is 0 Å². The zero-order valence-electron chi connectivity index (χ0n) is 14.6. The Balaban J connectivity index is 1.80. The standard InChI is InChI=1S/C15H27N5O4/c1-4-23-11(2)14-17-13(24-18-14)9-19-5-7-20(8-6-19)15(21)12(16)10-22-3/h11-12H,4-10,16H2,1-3H3. The highest BCUT2D eigenvalue weighted by atomic mass is 16.5. The van der Waals surface area contributed by atoms with Gasteiger partial charge in [0.05, 0.1) is 13.2 Å². The van der Waals surface area contributed by atoms with Crippen LogP contribution in [0.2, 0.25) is 0 Å². The minimum absolute atomic E-state index is 0.0675. The van der Waals surface area contributed by atoms with E-state index in [0.717, 1.165) is 13.1 Å².